The summed E-state index contributed by atoms with van der Waals surface area (Å²) in [5, 5.41) is 0. The zero-order valence-electron chi connectivity index (χ0n) is 11.9. The normalized spacial score (nSPS) is 13.7. The minimum Gasteiger partial charge on any atom is -0.479 e. The molecule has 0 saturated carbocycles. The molecule has 0 aliphatic carbocycles. The zero-order valence-corrected chi connectivity index (χ0v) is 11.9. The van der Waals surface area contributed by atoms with E-state index >= 15 is 0 Å². The van der Waals surface area contributed by atoms with E-state index < -0.39 is 6.10 Å². The van der Waals surface area contributed by atoms with E-state index in [1.165, 1.54) is 0 Å². The molecule has 2 N–H and O–H groups in total. The Morgan fingerprint density at radius 2 is 2.11 bits per heavy atom. The van der Waals surface area contributed by atoms with Crippen molar-refractivity contribution >= 4 is 5.97 Å². The Bertz CT molecular complexity index is 406. The fourth-order valence-electron chi connectivity index (χ4n) is 1.70. The van der Waals surface area contributed by atoms with Gasteiger partial charge in [-0.25, -0.2) is 4.79 Å². The average molecular weight is 265 g/mol. The summed E-state index contributed by atoms with van der Waals surface area (Å²) >= 11 is 0. The molecule has 4 nitrogen and oxygen atoms in total. The third-order valence-corrected chi connectivity index (χ3v) is 2.85. The summed E-state index contributed by atoms with van der Waals surface area (Å²) in [7, 11) is 0. The maximum atomic E-state index is 11.5. The van der Waals surface area contributed by atoms with Crippen LogP contribution in [0.15, 0.2) is 24.3 Å². The maximum Gasteiger partial charge on any atom is 0.347 e. The Morgan fingerprint density at radius 1 is 1.37 bits per heavy atom. The first-order chi connectivity index (χ1) is 9.06. The minimum atomic E-state index is -0.602. The molecule has 0 heterocycles. The van der Waals surface area contributed by atoms with Crippen molar-refractivity contribution in [1.29, 1.82) is 0 Å². The first-order valence-corrected chi connectivity index (χ1v) is 6.74. The van der Waals surface area contributed by atoms with Crippen LogP contribution in [0.3, 0.4) is 0 Å². The smallest absolute Gasteiger partial charge is 0.347 e. The van der Waals surface area contributed by atoms with Crippen molar-refractivity contribution in [2.45, 2.75) is 45.8 Å². The van der Waals surface area contributed by atoms with Gasteiger partial charge in [-0.05, 0) is 44.4 Å². The van der Waals surface area contributed by atoms with Crippen molar-refractivity contribution in [2.24, 2.45) is 5.73 Å². The van der Waals surface area contributed by atoms with Gasteiger partial charge in [0.15, 0.2) is 6.10 Å². The molecule has 1 aromatic carbocycles. The number of rotatable bonds is 7. The Hall–Kier alpha value is -1.55. The second-order valence-electron chi connectivity index (χ2n) is 4.53. The van der Waals surface area contributed by atoms with E-state index in [9.17, 15) is 4.79 Å². The second kappa shape index (κ2) is 7.79. The van der Waals surface area contributed by atoms with Gasteiger partial charge in [-0.2, -0.15) is 0 Å². The second-order valence-corrected chi connectivity index (χ2v) is 4.53. The third kappa shape index (κ3) is 5.30. The Kier molecular flexibility index (Phi) is 6.36. The number of hydrogen-bond acceptors (Lipinski definition) is 4. The van der Waals surface area contributed by atoms with Crippen LogP contribution in [0.5, 0.6) is 5.75 Å². The number of esters is 1. The van der Waals surface area contributed by atoms with E-state index in [1.54, 1.807) is 13.8 Å². The van der Waals surface area contributed by atoms with Gasteiger partial charge in [0, 0.05) is 6.04 Å². The molecule has 0 amide bonds. The topological polar surface area (TPSA) is 61.5 Å². The van der Waals surface area contributed by atoms with Crippen molar-refractivity contribution in [1.82, 2.24) is 0 Å². The van der Waals surface area contributed by atoms with E-state index in [2.05, 4.69) is 6.92 Å². The van der Waals surface area contributed by atoms with Crippen molar-refractivity contribution in [3.63, 3.8) is 0 Å². The number of benzene rings is 1. The van der Waals surface area contributed by atoms with Gasteiger partial charge in [0.05, 0.1) is 6.61 Å². The molecule has 1 rings (SSSR count). The van der Waals surface area contributed by atoms with E-state index in [0.717, 1.165) is 18.4 Å². The molecule has 4 heteroatoms. The van der Waals surface area contributed by atoms with Crippen molar-refractivity contribution in [3.05, 3.63) is 29.8 Å². The van der Waals surface area contributed by atoms with Gasteiger partial charge in [-0.1, -0.05) is 19.1 Å². The van der Waals surface area contributed by atoms with Gasteiger partial charge >= 0.3 is 5.97 Å². The van der Waals surface area contributed by atoms with Gasteiger partial charge in [-0.3, -0.25) is 0 Å². The molecule has 1 aromatic rings. The predicted molar refractivity (Wildman–Crippen MR) is 75.1 cm³/mol. The van der Waals surface area contributed by atoms with Gasteiger partial charge < -0.3 is 15.2 Å². The van der Waals surface area contributed by atoms with Crippen LogP contribution in [-0.2, 0) is 16.0 Å². The third-order valence-electron chi connectivity index (χ3n) is 2.85. The Balaban J connectivity index is 2.63. The highest BCUT2D eigenvalue weighted by Gasteiger charge is 2.15. The molecule has 2 unspecified atom stereocenters. The molecule has 0 aliphatic rings. The van der Waals surface area contributed by atoms with Crippen LogP contribution in [0.4, 0.5) is 0 Å². The standard InChI is InChI=1S/C15H23NO3/c1-4-13(16)9-12-7-6-8-14(10-12)19-11(3)15(17)18-5-2/h6-8,10-11,13H,4-5,9,16H2,1-3H3. The SMILES string of the molecule is CCOC(=O)C(C)Oc1cccc(CC(N)CC)c1. The minimum absolute atomic E-state index is 0.151. The van der Waals surface area contributed by atoms with Gasteiger partial charge in [-0.15, -0.1) is 0 Å². The Morgan fingerprint density at radius 3 is 2.74 bits per heavy atom. The molecule has 0 spiro atoms. The summed E-state index contributed by atoms with van der Waals surface area (Å²) in [4.78, 5) is 11.5. The molecule has 0 aromatic heterocycles. The fourth-order valence-corrected chi connectivity index (χ4v) is 1.70. The average Bonchev–Trinajstić information content (AvgIpc) is 2.39. The van der Waals surface area contributed by atoms with E-state index in [1.807, 2.05) is 24.3 Å². The van der Waals surface area contributed by atoms with Crippen LogP contribution in [-0.4, -0.2) is 24.7 Å². The number of carbonyl (C=O) groups excluding carboxylic acids is 1. The summed E-state index contributed by atoms with van der Waals surface area (Å²) in [6, 6.07) is 7.82. The summed E-state index contributed by atoms with van der Waals surface area (Å²) in [5.41, 5.74) is 7.04. The lowest BCUT2D eigenvalue weighted by molar-refractivity contribution is -0.150. The van der Waals surface area contributed by atoms with Gasteiger partial charge in [0.25, 0.3) is 0 Å². The molecule has 0 fully saturated rings. The molecule has 0 saturated heterocycles. The maximum absolute atomic E-state index is 11.5. The van der Waals surface area contributed by atoms with Crippen LogP contribution in [0.25, 0.3) is 0 Å². The molecule has 0 radical (unpaired) electrons. The van der Waals surface area contributed by atoms with Crippen LogP contribution >= 0.6 is 0 Å². The van der Waals surface area contributed by atoms with Crippen molar-refractivity contribution in [2.75, 3.05) is 6.61 Å². The number of nitrogens with two attached hydrogens (primary N) is 1. The zero-order chi connectivity index (χ0) is 14.3. The highest BCUT2D eigenvalue weighted by atomic mass is 16.6. The molecule has 0 aliphatic heterocycles. The summed E-state index contributed by atoms with van der Waals surface area (Å²) < 4.78 is 10.5. The molecule has 2 atom stereocenters. The Labute approximate surface area is 114 Å². The van der Waals surface area contributed by atoms with E-state index in [-0.39, 0.29) is 12.0 Å². The summed E-state index contributed by atoms with van der Waals surface area (Å²) in [6.45, 7) is 5.88. The number of hydrogen-bond donors (Lipinski definition) is 1. The van der Waals surface area contributed by atoms with Crippen LogP contribution < -0.4 is 10.5 Å². The largest absolute Gasteiger partial charge is 0.479 e. The van der Waals surface area contributed by atoms with Gasteiger partial charge in [0.1, 0.15) is 5.75 Å². The molecule has 0 bridgehead atoms. The lowest BCUT2D eigenvalue weighted by atomic mass is 10.0. The number of ether oxygens (including phenoxy) is 2. The van der Waals surface area contributed by atoms with Gasteiger partial charge in [0.2, 0.25) is 0 Å². The predicted octanol–water partition coefficient (Wildman–Crippen LogP) is 2.30. The fraction of sp³-hybridized carbons (Fsp3) is 0.533. The highest BCUT2D eigenvalue weighted by molar-refractivity contribution is 5.74. The van der Waals surface area contributed by atoms with Crippen molar-refractivity contribution in [3.8, 4) is 5.75 Å². The molecule has 19 heavy (non-hydrogen) atoms. The molecular weight excluding hydrogens is 242 g/mol. The first-order valence-electron chi connectivity index (χ1n) is 6.74. The lowest BCUT2D eigenvalue weighted by Gasteiger charge is -2.15. The molecular formula is C15H23NO3. The summed E-state index contributed by atoms with van der Waals surface area (Å²) in [6.07, 6.45) is 1.14. The summed E-state index contributed by atoms with van der Waals surface area (Å²) in [5.74, 6) is 0.319. The van der Waals surface area contributed by atoms with E-state index in [4.69, 9.17) is 15.2 Å². The van der Waals surface area contributed by atoms with Crippen molar-refractivity contribution < 1.29 is 14.3 Å². The highest BCUT2D eigenvalue weighted by Crippen LogP contribution is 2.16. The quantitative estimate of drug-likeness (QED) is 0.768. The number of carbonyl (C=O) groups is 1. The monoisotopic (exact) mass is 265 g/mol. The first kappa shape index (κ1) is 15.5. The van der Waals surface area contributed by atoms with Crippen LogP contribution in [0.1, 0.15) is 32.8 Å². The van der Waals surface area contributed by atoms with Crippen LogP contribution in [0.2, 0.25) is 0 Å². The van der Waals surface area contributed by atoms with Crippen LogP contribution in [0, 0.1) is 0 Å². The molecule has 106 valence electrons. The van der Waals surface area contributed by atoms with E-state index in [0.29, 0.717) is 12.4 Å². The lowest BCUT2D eigenvalue weighted by Crippen LogP contribution is -2.26.